The van der Waals surface area contributed by atoms with E-state index in [0.29, 0.717) is 29.4 Å². The van der Waals surface area contributed by atoms with Crippen LogP contribution in [0.4, 0.5) is 19.0 Å². The van der Waals surface area contributed by atoms with Crippen molar-refractivity contribution in [3.8, 4) is 0 Å². The predicted molar refractivity (Wildman–Crippen MR) is 120 cm³/mol. The van der Waals surface area contributed by atoms with Gasteiger partial charge in [0.05, 0.1) is 22.5 Å². The Bertz CT molecular complexity index is 1470. The van der Waals surface area contributed by atoms with Gasteiger partial charge in [-0.05, 0) is 18.9 Å². The molecule has 1 saturated heterocycles. The molecule has 3 aromatic rings. The fraction of sp³-hybridized carbons (Fsp3) is 0.409. The van der Waals surface area contributed by atoms with Crippen LogP contribution < -0.4 is 16.6 Å². The number of fused-ring (bicyclic) bond motifs is 1. The van der Waals surface area contributed by atoms with Gasteiger partial charge in [-0.25, -0.2) is 31.6 Å². The van der Waals surface area contributed by atoms with E-state index in [-0.39, 0.29) is 40.4 Å². The normalized spacial score (nSPS) is 19.7. The number of aryl methyl sites for hydroxylation is 1. The minimum atomic E-state index is -3.03. The molecular formula is C22H22F3N5O3S. The van der Waals surface area contributed by atoms with E-state index in [9.17, 15) is 26.4 Å². The van der Waals surface area contributed by atoms with Crippen molar-refractivity contribution in [3.05, 3.63) is 63.5 Å². The van der Waals surface area contributed by atoms with E-state index in [1.54, 1.807) is 13.1 Å². The van der Waals surface area contributed by atoms with Crippen LogP contribution in [-0.4, -0.2) is 34.5 Å². The van der Waals surface area contributed by atoms with Crippen molar-refractivity contribution in [2.45, 2.75) is 31.4 Å². The second-order valence-electron chi connectivity index (χ2n) is 9.40. The number of sulfone groups is 1. The van der Waals surface area contributed by atoms with Crippen molar-refractivity contribution < 1.29 is 21.6 Å². The molecule has 180 valence electrons. The van der Waals surface area contributed by atoms with Gasteiger partial charge in [0, 0.05) is 35.7 Å². The maximum Gasteiger partial charge on any atom is 0.266 e. The van der Waals surface area contributed by atoms with Crippen molar-refractivity contribution in [1.82, 2.24) is 14.5 Å². The lowest BCUT2D eigenvalue weighted by atomic mass is 9.57. The largest absolute Gasteiger partial charge is 0.365 e. The number of nitrogens with two attached hydrogens (primary N) is 1. The summed E-state index contributed by atoms with van der Waals surface area (Å²) in [6.45, 7) is -0.120. The van der Waals surface area contributed by atoms with Crippen molar-refractivity contribution in [3.63, 3.8) is 0 Å². The summed E-state index contributed by atoms with van der Waals surface area (Å²) in [5, 5.41) is 3.41. The van der Waals surface area contributed by atoms with Gasteiger partial charge in [0.2, 0.25) is 0 Å². The zero-order valence-corrected chi connectivity index (χ0v) is 19.0. The fourth-order valence-electron chi connectivity index (χ4n) is 5.42. The summed E-state index contributed by atoms with van der Waals surface area (Å²) in [7, 11) is -1.49. The van der Waals surface area contributed by atoms with Crippen LogP contribution in [0.3, 0.4) is 0 Å². The Morgan fingerprint density at radius 3 is 2.59 bits per heavy atom. The van der Waals surface area contributed by atoms with E-state index in [1.807, 2.05) is 0 Å². The Balaban J connectivity index is 1.49. The number of nitrogens with one attached hydrogen (secondary N) is 1. The van der Waals surface area contributed by atoms with Gasteiger partial charge in [0.25, 0.3) is 12.0 Å². The Labute approximate surface area is 192 Å². The van der Waals surface area contributed by atoms with Crippen LogP contribution in [0.25, 0.3) is 11.0 Å². The quantitative estimate of drug-likeness (QED) is 0.560. The fourth-order valence-corrected chi connectivity index (χ4v) is 7.61. The van der Waals surface area contributed by atoms with E-state index in [0.717, 1.165) is 6.07 Å². The van der Waals surface area contributed by atoms with Gasteiger partial charge in [-0.2, -0.15) is 0 Å². The number of nitrogens with zero attached hydrogens (tertiary/aromatic N) is 3. The molecule has 0 radical (unpaired) electrons. The van der Waals surface area contributed by atoms with Gasteiger partial charge < -0.3 is 11.1 Å². The van der Waals surface area contributed by atoms with Crippen molar-refractivity contribution >= 4 is 26.7 Å². The molecule has 1 aliphatic carbocycles. The third-order valence-electron chi connectivity index (χ3n) is 6.76. The zero-order valence-electron chi connectivity index (χ0n) is 18.2. The SMILES string of the molecule is Cn1c(=O)c(C2(N)CC3(C2)CS(=O)(=O)C3)cc2c(NCc3cccc(C(F)F)c3F)ncnc21. The molecule has 0 atom stereocenters. The van der Waals surface area contributed by atoms with Crippen LogP contribution in [0.5, 0.6) is 0 Å². The molecule has 2 aromatic heterocycles. The van der Waals surface area contributed by atoms with Crippen LogP contribution in [-0.2, 0) is 29.0 Å². The van der Waals surface area contributed by atoms with E-state index in [1.165, 1.54) is 23.0 Å². The summed E-state index contributed by atoms with van der Waals surface area (Å²) in [5.74, 6) is -0.557. The number of hydrogen-bond acceptors (Lipinski definition) is 7. The molecule has 0 bridgehead atoms. The molecule has 8 nitrogen and oxygen atoms in total. The topological polar surface area (TPSA) is 120 Å². The number of hydrogen-bond donors (Lipinski definition) is 2. The Hall–Kier alpha value is -2.99. The second kappa shape index (κ2) is 7.51. The summed E-state index contributed by atoms with van der Waals surface area (Å²) in [6, 6.07) is 5.37. The molecule has 1 aromatic carbocycles. The number of alkyl halides is 2. The number of benzene rings is 1. The van der Waals surface area contributed by atoms with Crippen LogP contribution >= 0.6 is 0 Å². The molecule has 5 rings (SSSR count). The number of halogens is 3. The first kappa shape index (κ1) is 22.8. The summed E-state index contributed by atoms with van der Waals surface area (Å²) >= 11 is 0. The first-order chi connectivity index (χ1) is 15.9. The third-order valence-corrected chi connectivity index (χ3v) is 8.87. The highest BCUT2D eigenvalue weighted by Gasteiger charge is 2.62. The monoisotopic (exact) mass is 493 g/mol. The van der Waals surface area contributed by atoms with Gasteiger partial charge in [-0.15, -0.1) is 0 Å². The predicted octanol–water partition coefficient (Wildman–Crippen LogP) is 2.38. The summed E-state index contributed by atoms with van der Waals surface area (Å²) in [4.78, 5) is 21.4. The average Bonchev–Trinajstić information content (AvgIpc) is 2.72. The molecule has 34 heavy (non-hydrogen) atoms. The minimum Gasteiger partial charge on any atom is -0.365 e. The van der Waals surface area contributed by atoms with Crippen LogP contribution in [0, 0.1) is 11.2 Å². The lowest BCUT2D eigenvalue weighted by molar-refractivity contribution is 0.0524. The van der Waals surface area contributed by atoms with Gasteiger partial charge in [0.1, 0.15) is 23.6 Å². The first-order valence-corrected chi connectivity index (χ1v) is 12.4. The number of aromatic nitrogens is 3. The highest BCUT2D eigenvalue weighted by atomic mass is 32.2. The van der Waals surface area contributed by atoms with E-state index in [4.69, 9.17) is 5.73 Å². The maximum atomic E-state index is 14.4. The highest BCUT2D eigenvalue weighted by Crippen LogP contribution is 2.57. The van der Waals surface area contributed by atoms with Gasteiger partial charge in [-0.3, -0.25) is 9.36 Å². The van der Waals surface area contributed by atoms with E-state index < -0.39 is 33.2 Å². The first-order valence-electron chi connectivity index (χ1n) is 10.6. The molecule has 2 aliphatic rings. The van der Waals surface area contributed by atoms with E-state index >= 15 is 0 Å². The summed E-state index contributed by atoms with van der Waals surface area (Å²) in [6.07, 6.45) is -0.940. The van der Waals surface area contributed by atoms with Crippen molar-refractivity contribution in [2.75, 3.05) is 16.8 Å². The lowest BCUT2D eigenvalue weighted by Gasteiger charge is -2.58. The molecule has 12 heteroatoms. The lowest BCUT2D eigenvalue weighted by Crippen LogP contribution is -2.66. The van der Waals surface area contributed by atoms with E-state index in [2.05, 4.69) is 15.3 Å². The number of anilines is 1. The standard InChI is InChI=1S/C22H22F3N5O3S/c1-30-19-14(5-15(20(30)31)22(26)7-21(8-22)9-34(32,33)10-21)18(28-11-29-19)27-6-12-3-2-4-13(16(12)23)17(24)25/h2-5,11,17H,6-10,26H2,1H3,(H,27,28,29). The van der Waals surface area contributed by atoms with Crippen molar-refractivity contribution in [2.24, 2.45) is 18.2 Å². The molecule has 3 N–H and O–H groups in total. The Kier molecular flexibility index (Phi) is 5.03. The molecule has 1 saturated carbocycles. The maximum absolute atomic E-state index is 14.4. The molecular weight excluding hydrogens is 471 g/mol. The van der Waals surface area contributed by atoms with Gasteiger partial charge >= 0.3 is 0 Å². The average molecular weight is 494 g/mol. The molecule has 1 aliphatic heterocycles. The molecule has 3 heterocycles. The summed E-state index contributed by atoms with van der Waals surface area (Å²) < 4.78 is 65.1. The highest BCUT2D eigenvalue weighted by molar-refractivity contribution is 7.92. The smallest absolute Gasteiger partial charge is 0.266 e. The van der Waals surface area contributed by atoms with Crippen LogP contribution in [0.15, 0.2) is 35.4 Å². The zero-order chi connectivity index (χ0) is 24.5. The minimum absolute atomic E-state index is 0.0389. The number of pyridine rings is 1. The number of rotatable bonds is 5. The van der Waals surface area contributed by atoms with Crippen LogP contribution in [0.2, 0.25) is 0 Å². The molecule has 0 unspecified atom stereocenters. The third kappa shape index (κ3) is 3.56. The molecule has 0 amide bonds. The molecule has 2 fully saturated rings. The Morgan fingerprint density at radius 2 is 1.94 bits per heavy atom. The Morgan fingerprint density at radius 1 is 1.24 bits per heavy atom. The van der Waals surface area contributed by atoms with Crippen molar-refractivity contribution in [1.29, 1.82) is 0 Å². The van der Waals surface area contributed by atoms with Gasteiger partial charge in [-0.1, -0.05) is 18.2 Å². The van der Waals surface area contributed by atoms with Gasteiger partial charge in [0.15, 0.2) is 9.84 Å². The van der Waals surface area contributed by atoms with Crippen LogP contribution in [0.1, 0.15) is 36.0 Å². The summed E-state index contributed by atoms with van der Waals surface area (Å²) in [5.41, 5.74) is 4.84. The second-order valence-corrected chi connectivity index (χ2v) is 11.5. The molecule has 1 spiro atoms.